The van der Waals surface area contributed by atoms with Crippen LogP contribution < -0.4 is 0 Å². The van der Waals surface area contributed by atoms with Gasteiger partial charge in [-0.1, -0.05) is 0 Å². The summed E-state index contributed by atoms with van der Waals surface area (Å²) in [7, 11) is 2.39. The minimum Gasteiger partial charge on any atom is -0.468 e. The first-order chi connectivity index (χ1) is 9.46. The summed E-state index contributed by atoms with van der Waals surface area (Å²) in [6.07, 6.45) is 0. The number of carbonyl (C=O) groups excluding carboxylic acids is 2. The summed E-state index contributed by atoms with van der Waals surface area (Å²) in [6.45, 7) is -0.586. The van der Waals surface area contributed by atoms with E-state index in [1.165, 1.54) is 19.1 Å². The first kappa shape index (κ1) is 16.0. The van der Waals surface area contributed by atoms with Gasteiger partial charge in [0.1, 0.15) is 11.6 Å². The van der Waals surface area contributed by atoms with Crippen LogP contribution in [0, 0.1) is 11.6 Å². The molecule has 1 aromatic carbocycles. The molecule has 1 aromatic rings. The molecule has 0 aliphatic heterocycles. The molecular formula is C13H15F2NO4. The van der Waals surface area contributed by atoms with E-state index in [4.69, 9.17) is 0 Å². The Hall–Kier alpha value is -2.02. The molecule has 0 aliphatic rings. The standard InChI is InChI=1S/C13H15F2NO4/c1-19-12(17)7-16(8-13(18)20-2)6-9-5-10(14)3-4-11(9)15/h3-5H,6-8H2,1-2H3. The van der Waals surface area contributed by atoms with Crippen molar-refractivity contribution in [1.82, 2.24) is 4.90 Å². The number of carbonyl (C=O) groups is 2. The molecule has 0 fully saturated rings. The molecule has 0 bridgehead atoms. The highest BCUT2D eigenvalue weighted by Gasteiger charge is 2.17. The van der Waals surface area contributed by atoms with Gasteiger partial charge < -0.3 is 9.47 Å². The third kappa shape index (κ3) is 4.93. The van der Waals surface area contributed by atoms with Crippen molar-refractivity contribution in [1.29, 1.82) is 0 Å². The van der Waals surface area contributed by atoms with Crippen LogP contribution in [0.3, 0.4) is 0 Å². The van der Waals surface area contributed by atoms with Crippen LogP contribution in [0.15, 0.2) is 18.2 Å². The number of hydrogen-bond acceptors (Lipinski definition) is 5. The van der Waals surface area contributed by atoms with Crippen LogP contribution in [0.5, 0.6) is 0 Å². The Kier molecular flexibility index (Phi) is 6.05. The van der Waals surface area contributed by atoms with Crippen LogP contribution in [0.2, 0.25) is 0 Å². The van der Waals surface area contributed by atoms with E-state index in [1.54, 1.807) is 0 Å². The number of ether oxygens (including phenoxy) is 2. The van der Waals surface area contributed by atoms with Crippen molar-refractivity contribution >= 4 is 11.9 Å². The monoisotopic (exact) mass is 287 g/mol. The van der Waals surface area contributed by atoms with Crippen LogP contribution in [0.1, 0.15) is 5.56 Å². The number of halogens is 2. The first-order valence-corrected chi connectivity index (χ1v) is 5.76. The Morgan fingerprint density at radius 3 is 2.15 bits per heavy atom. The van der Waals surface area contributed by atoms with Crippen molar-refractivity contribution in [3.8, 4) is 0 Å². The lowest BCUT2D eigenvalue weighted by Crippen LogP contribution is -2.35. The topological polar surface area (TPSA) is 55.8 Å². The highest BCUT2D eigenvalue weighted by Crippen LogP contribution is 2.12. The average Bonchev–Trinajstić information content (AvgIpc) is 2.42. The molecule has 0 unspecified atom stereocenters. The summed E-state index contributed by atoms with van der Waals surface area (Å²) >= 11 is 0. The summed E-state index contributed by atoms with van der Waals surface area (Å²) in [5.74, 6) is -2.40. The molecule has 5 nitrogen and oxygen atoms in total. The number of nitrogens with zero attached hydrogens (tertiary/aromatic N) is 1. The van der Waals surface area contributed by atoms with E-state index < -0.39 is 23.6 Å². The molecule has 0 aromatic heterocycles. The van der Waals surface area contributed by atoms with Crippen molar-refractivity contribution in [2.75, 3.05) is 27.3 Å². The zero-order valence-corrected chi connectivity index (χ0v) is 11.2. The normalized spacial score (nSPS) is 10.4. The van der Waals surface area contributed by atoms with Gasteiger partial charge in [0, 0.05) is 12.1 Å². The van der Waals surface area contributed by atoms with Gasteiger partial charge in [0.2, 0.25) is 0 Å². The molecule has 0 heterocycles. The number of hydrogen-bond donors (Lipinski definition) is 0. The molecular weight excluding hydrogens is 272 g/mol. The molecule has 7 heteroatoms. The lowest BCUT2D eigenvalue weighted by atomic mass is 10.2. The summed E-state index contributed by atoms with van der Waals surface area (Å²) < 4.78 is 35.6. The highest BCUT2D eigenvalue weighted by molar-refractivity contribution is 5.74. The maximum absolute atomic E-state index is 13.5. The molecule has 0 saturated carbocycles. The lowest BCUT2D eigenvalue weighted by Gasteiger charge is -2.20. The van der Waals surface area contributed by atoms with E-state index in [2.05, 4.69) is 9.47 Å². The van der Waals surface area contributed by atoms with Gasteiger partial charge >= 0.3 is 11.9 Å². The summed E-state index contributed by atoms with van der Waals surface area (Å²) in [5, 5.41) is 0. The Bertz CT molecular complexity index is 475. The third-order valence-corrected chi connectivity index (χ3v) is 2.56. The van der Waals surface area contributed by atoms with E-state index in [9.17, 15) is 18.4 Å². The first-order valence-electron chi connectivity index (χ1n) is 5.76. The second kappa shape index (κ2) is 7.54. The van der Waals surface area contributed by atoms with Crippen LogP contribution in [-0.2, 0) is 25.6 Å². The summed E-state index contributed by atoms with van der Waals surface area (Å²) in [5.41, 5.74) is 0.0396. The molecule has 0 aliphatic carbocycles. The predicted octanol–water partition coefficient (Wildman–Crippen LogP) is 1.11. The Labute approximate surface area is 115 Å². The van der Waals surface area contributed by atoms with Gasteiger partial charge in [0.25, 0.3) is 0 Å². The van der Waals surface area contributed by atoms with Crippen LogP contribution in [0.4, 0.5) is 8.78 Å². The van der Waals surface area contributed by atoms with E-state index >= 15 is 0 Å². The quantitative estimate of drug-likeness (QED) is 0.734. The third-order valence-electron chi connectivity index (χ3n) is 2.56. The Morgan fingerprint density at radius 1 is 1.10 bits per heavy atom. The fourth-order valence-corrected chi connectivity index (χ4v) is 1.57. The van der Waals surface area contributed by atoms with Crippen molar-refractivity contribution in [3.05, 3.63) is 35.4 Å². The summed E-state index contributed by atoms with van der Waals surface area (Å²) in [6, 6.07) is 2.99. The zero-order valence-electron chi connectivity index (χ0n) is 11.2. The Balaban J connectivity index is 2.84. The second-order valence-corrected chi connectivity index (χ2v) is 4.03. The molecule has 0 N–H and O–H groups in total. The van der Waals surface area contributed by atoms with Crippen LogP contribution >= 0.6 is 0 Å². The van der Waals surface area contributed by atoms with E-state index in [0.29, 0.717) is 0 Å². The SMILES string of the molecule is COC(=O)CN(CC(=O)OC)Cc1cc(F)ccc1F. The fraction of sp³-hybridized carbons (Fsp3) is 0.385. The number of rotatable bonds is 6. The minimum atomic E-state index is -0.619. The van der Waals surface area contributed by atoms with Gasteiger partial charge in [-0.15, -0.1) is 0 Å². The van der Waals surface area contributed by atoms with Gasteiger partial charge in [-0.2, -0.15) is 0 Å². The van der Waals surface area contributed by atoms with Crippen LogP contribution in [-0.4, -0.2) is 44.1 Å². The summed E-state index contributed by atoms with van der Waals surface area (Å²) in [4.78, 5) is 23.8. The lowest BCUT2D eigenvalue weighted by molar-refractivity contribution is -0.145. The number of benzene rings is 1. The molecule has 1 rings (SSSR count). The second-order valence-electron chi connectivity index (χ2n) is 4.03. The molecule has 0 saturated heterocycles. The minimum absolute atomic E-state index is 0.0396. The molecule has 0 amide bonds. The smallest absolute Gasteiger partial charge is 0.319 e. The van der Waals surface area contributed by atoms with Gasteiger partial charge in [-0.25, -0.2) is 8.78 Å². The highest BCUT2D eigenvalue weighted by atomic mass is 19.1. The predicted molar refractivity (Wildman–Crippen MR) is 65.7 cm³/mol. The van der Waals surface area contributed by atoms with Gasteiger partial charge in [0.05, 0.1) is 27.3 Å². The van der Waals surface area contributed by atoms with E-state index in [1.807, 2.05) is 0 Å². The maximum Gasteiger partial charge on any atom is 0.319 e. The zero-order chi connectivity index (χ0) is 15.1. The molecule has 20 heavy (non-hydrogen) atoms. The van der Waals surface area contributed by atoms with Gasteiger partial charge in [-0.3, -0.25) is 14.5 Å². The van der Waals surface area contributed by atoms with Crippen LogP contribution in [0.25, 0.3) is 0 Å². The van der Waals surface area contributed by atoms with Gasteiger partial charge in [0.15, 0.2) is 0 Å². The molecule has 0 atom stereocenters. The van der Waals surface area contributed by atoms with Crippen molar-refractivity contribution < 1.29 is 27.8 Å². The van der Waals surface area contributed by atoms with E-state index in [-0.39, 0.29) is 25.2 Å². The van der Waals surface area contributed by atoms with Crippen molar-refractivity contribution in [3.63, 3.8) is 0 Å². The Morgan fingerprint density at radius 2 is 1.65 bits per heavy atom. The van der Waals surface area contributed by atoms with Gasteiger partial charge in [-0.05, 0) is 18.2 Å². The van der Waals surface area contributed by atoms with E-state index in [0.717, 1.165) is 18.2 Å². The number of methoxy groups -OCH3 is 2. The molecule has 0 spiro atoms. The van der Waals surface area contributed by atoms with Crippen molar-refractivity contribution in [2.24, 2.45) is 0 Å². The molecule has 0 radical (unpaired) electrons. The number of esters is 2. The molecule has 110 valence electrons. The average molecular weight is 287 g/mol. The van der Waals surface area contributed by atoms with Crippen molar-refractivity contribution in [2.45, 2.75) is 6.54 Å². The maximum atomic E-state index is 13.5. The fourth-order valence-electron chi connectivity index (χ4n) is 1.57. The largest absolute Gasteiger partial charge is 0.468 e.